The Kier molecular flexibility index (Phi) is 4.01. The van der Waals surface area contributed by atoms with Crippen LogP contribution in [0.4, 0.5) is 5.82 Å². The highest BCUT2D eigenvalue weighted by molar-refractivity contribution is 5.93. The molecule has 1 amide bonds. The number of amides is 1. The molecule has 0 aromatic carbocycles. The average Bonchev–Trinajstić information content (AvgIpc) is 3.05. The van der Waals surface area contributed by atoms with Crippen LogP contribution in [0.2, 0.25) is 0 Å². The van der Waals surface area contributed by atoms with Crippen molar-refractivity contribution in [3.8, 4) is 0 Å². The Labute approximate surface area is 122 Å². The second-order valence-electron chi connectivity index (χ2n) is 5.39. The summed E-state index contributed by atoms with van der Waals surface area (Å²) in [4.78, 5) is 26.6. The van der Waals surface area contributed by atoms with Gasteiger partial charge in [-0.1, -0.05) is 0 Å². The van der Waals surface area contributed by atoms with E-state index in [0.29, 0.717) is 24.9 Å². The minimum absolute atomic E-state index is 0. The molecule has 0 bridgehead atoms. The van der Waals surface area contributed by atoms with Crippen molar-refractivity contribution in [1.29, 1.82) is 0 Å². The Morgan fingerprint density at radius 1 is 1.40 bits per heavy atom. The van der Waals surface area contributed by atoms with E-state index < -0.39 is 4.92 Å². The van der Waals surface area contributed by atoms with Crippen molar-refractivity contribution < 1.29 is 9.72 Å². The van der Waals surface area contributed by atoms with E-state index in [1.807, 2.05) is 0 Å². The van der Waals surface area contributed by atoms with Crippen LogP contribution in [0, 0.1) is 22.0 Å². The molecule has 110 valence electrons. The lowest BCUT2D eigenvalue weighted by atomic mass is 9.98. The highest BCUT2D eigenvalue weighted by Crippen LogP contribution is 2.37. The summed E-state index contributed by atoms with van der Waals surface area (Å²) in [5.41, 5.74) is 6.31. The second kappa shape index (κ2) is 5.41. The molecule has 1 saturated heterocycles. The molecule has 0 radical (unpaired) electrons. The van der Waals surface area contributed by atoms with E-state index in [4.69, 9.17) is 5.73 Å². The van der Waals surface area contributed by atoms with Gasteiger partial charge in [-0.05, 0) is 35.7 Å². The van der Waals surface area contributed by atoms with Gasteiger partial charge in [0.1, 0.15) is 0 Å². The molecule has 0 spiro atoms. The van der Waals surface area contributed by atoms with Gasteiger partial charge in [0.25, 0.3) is 5.91 Å². The molecule has 7 nitrogen and oxygen atoms in total. The van der Waals surface area contributed by atoms with Gasteiger partial charge in [0, 0.05) is 25.2 Å². The first-order chi connectivity index (χ1) is 9.06. The molecule has 2 fully saturated rings. The number of nitrogens with zero attached hydrogens (tertiary/aromatic N) is 2. The van der Waals surface area contributed by atoms with Crippen LogP contribution in [0.25, 0.3) is 0 Å². The summed E-state index contributed by atoms with van der Waals surface area (Å²) in [5, 5.41) is 10.6. The van der Waals surface area contributed by atoms with Crippen molar-refractivity contribution in [1.82, 2.24) is 9.88 Å². The fourth-order valence-corrected chi connectivity index (χ4v) is 3.26. The van der Waals surface area contributed by atoms with Gasteiger partial charge in [0.2, 0.25) is 0 Å². The van der Waals surface area contributed by atoms with E-state index in [1.54, 1.807) is 4.90 Å². The third-order valence-electron chi connectivity index (χ3n) is 4.30. The van der Waals surface area contributed by atoms with Crippen LogP contribution in [0.1, 0.15) is 23.3 Å². The number of hydrogen-bond acceptors (Lipinski definition) is 4. The fourth-order valence-electron chi connectivity index (χ4n) is 3.26. The number of aromatic amines is 1. The van der Waals surface area contributed by atoms with Crippen molar-refractivity contribution in [3.05, 3.63) is 27.9 Å². The zero-order valence-electron chi connectivity index (χ0n) is 10.8. The number of hydrogen-bond donors (Lipinski definition) is 2. The third-order valence-corrected chi connectivity index (χ3v) is 4.30. The Balaban J connectivity index is 0.00000147. The van der Waals surface area contributed by atoms with Crippen LogP contribution >= 0.6 is 12.4 Å². The molecule has 1 aromatic rings. The van der Waals surface area contributed by atoms with E-state index in [9.17, 15) is 14.9 Å². The summed E-state index contributed by atoms with van der Waals surface area (Å²) >= 11 is 0. The second-order valence-corrected chi connectivity index (χ2v) is 5.39. The third kappa shape index (κ3) is 2.38. The summed E-state index contributed by atoms with van der Waals surface area (Å²) in [5.74, 6) is 0.548. The largest absolute Gasteiger partial charge is 0.358 e. The first-order valence-electron chi connectivity index (χ1n) is 6.44. The molecular weight excluding hydrogens is 284 g/mol. The van der Waals surface area contributed by atoms with E-state index in [0.717, 1.165) is 12.8 Å². The maximum atomic E-state index is 12.3. The summed E-state index contributed by atoms with van der Waals surface area (Å²) < 4.78 is 0. The van der Waals surface area contributed by atoms with Gasteiger partial charge in [0.05, 0.1) is 0 Å². The zero-order chi connectivity index (χ0) is 13.6. The number of nitrogens with two attached hydrogens (primary N) is 1. The Morgan fingerprint density at radius 2 is 2.15 bits per heavy atom. The van der Waals surface area contributed by atoms with Crippen molar-refractivity contribution >= 4 is 24.1 Å². The van der Waals surface area contributed by atoms with Crippen LogP contribution in [-0.2, 0) is 0 Å². The van der Waals surface area contributed by atoms with Crippen LogP contribution in [0.5, 0.6) is 0 Å². The quantitative estimate of drug-likeness (QED) is 0.631. The van der Waals surface area contributed by atoms with E-state index in [-0.39, 0.29) is 35.9 Å². The van der Waals surface area contributed by atoms with Gasteiger partial charge in [0.15, 0.2) is 5.69 Å². The lowest BCUT2D eigenvalue weighted by Gasteiger charge is -2.17. The number of carbonyl (C=O) groups excluding carboxylic acids is 1. The molecule has 1 aromatic heterocycles. The average molecular weight is 301 g/mol. The Morgan fingerprint density at radius 3 is 2.75 bits per heavy atom. The van der Waals surface area contributed by atoms with Crippen molar-refractivity contribution in [3.63, 3.8) is 0 Å². The number of H-pyrrole nitrogens is 1. The lowest BCUT2D eigenvalue weighted by Crippen LogP contribution is -2.33. The van der Waals surface area contributed by atoms with E-state index in [1.165, 1.54) is 12.1 Å². The Bertz CT molecular complexity index is 533. The van der Waals surface area contributed by atoms with E-state index in [2.05, 4.69) is 4.98 Å². The van der Waals surface area contributed by atoms with Crippen LogP contribution in [-0.4, -0.2) is 39.8 Å². The first kappa shape index (κ1) is 14.8. The summed E-state index contributed by atoms with van der Waals surface area (Å²) in [6.45, 7) is 1.38. The normalized spacial score (nSPS) is 28.1. The molecule has 1 saturated carbocycles. The highest BCUT2D eigenvalue weighted by atomic mass is 35.5. The lowest BCUT2D eigenvalue weighted by molar-refractivity contribution is -0.389. The number of nitrogens with one attached hydrogen (secondary N) is 1. The van der Waals surface area contributed by atoms with Gasteiger partial charge in [-0.15, -0.1) is 12.4 Å². The maximum Gasteiger partial charge on any atom is 0.321 e. The number of fused-ring (bicyclic) bond motifs is 1. The number of likely N-dealkylation sites (tertiary alicyclic amines) is 1. The van der Waals surface area contributed by atoms with Gasteiger partial charge in [-0.2, -0.15) is 0 Å². The minimum Gasteiger partial charge on any atom is -0.358 e. The highest BCUT2D eigenvalue weighted by Gasteiger charge is 2.43. The maximum absolute atomic E-state index is 12.3. The topological polar surface area (TPSA) is 105 Å². The zero-order valence-corrected chi connectivity index (χ0v) is 11.6. The number of rotatable bonds is 2. The summed E-state index contributed by atoms with van der Waals surface area (Å²) in [7, 11) is 0. The van der Waals surface area contributed by atoms with Crippen LogP contribution < -0.4 is 5.73 Å². The van der Waals surface area contributed by atoms with Gasteiger partial charge < -0.3 is 20.7 Å². The van der Waals surface area contributed by atoms with Crippen molar-refractivity contribution in [2.45, 2.75) is 18.9 Å². The molecule has 2 heterocycles. The molecule has 1 aliphatic heterocycles. The predicted octanol–water partition coefficient (Wildman–Crippen LogP) is 1.15. The first-order valence-corrected chi connectivity index (χ1v) is 6.44. The molecule has 3 atom stereocenters. The van der Waals surface area contributed by atoms with Gasteiger partial charge >= 0.3 is 5.82 Å². The molecule has 8 heteroatoms. The van der Waals surface area contributed by atoms with Gasteiger partial charge in [-0.3, -0.25) is 4.79 Å². The molecule has 3 N–H and O–H groups in total. The molecule has 20 heavy (non-hydrogen) atoms. The van der Waals surface area contributed by atoms with Crippen molar-refractivity contribution in [2.24, 2.45) is 17.6 Å². The molecule has 3 unspecified atom stereocenters. The Hall–Kier alpha value is -1.60. The van der Waals surface area contributed by atoms with Crippen LogP contribution in [0.15, 0.2) is 12.1 Å². The van der Waals surface area contributed by atoms with Gasteiger partial charge in [-0.25, -0.2) is 4.98 Å². The number of aromatic nitrogens is 1. The number of halogens is 1. The van der Waals surface area contributed by atoms with Crippen LogP contribution in [0.3, 0.4) is 0 Å². The fraction of sp³-hybridized carbons (Fsp3) is 0.583. The summed E-state index contributed by atoms with van der Waals surface area (Å²) in [6, 6.07) is 2.96. The molecule has 3 rings (SSSR count). The number of carbonyl (C=O) groups is 1. The molecule has 1 aliphatic carbocycles. The minimum atomic E-state index is -0.536. The monoisotopic (exact) mass is 300 g/mol. The molecular formula is C12H17ClN4O3. The SMILES string of the molecule is Cl.NC1CCC2CN(C(=O)c3ccc([N+](=O)[O-])[nH]3)CC12. The number of nitro groups is 1. The summed E-state index contributed by atoms with van der Waals surface area (Å²) in [6.07, 6.45) is 2.10. The predicted molar refractivity (Wildman–Crippen MR) is 74.8 cm³/mol. The smallest absolute Gasteiger partial charge is 0.321 e. The van der Waals surface area contributed by atoms with E-state index >= 15 is 0 Å². The van der Waals surface area contributed by atoms with Crippen molar-refractivity contribution in [2.75, 3.05) is 13.1 Å². The standard InChI is InChI=1S/C12H16N4O3.ClH/c13-9-2-1-7-5-15(6-8(7)9)12(17)10-3-4-11(14-10)16(18)19;/h3-4,7-9,14H,1-2,5-6,13H2;1H. The molecule has 2 aliphatic rings.